The van der Waals surface area contributed by atoms with Crippen LogP contribution < -0.4 is 10.6 Å². The first kappa shape index (κ1) is 46.2. The minimum Gasteiger partial charge on any atom is -0.481 e. The molecule has 10 nitrogen and oxygen atoms in total. The topological polar surface area (TPSA) is 159 Å². The molecule has 0 aromatic rings. The summed E-state index contributed by atoms with van der Waals surface area (Å²) in [5.41, 5.74) is 0.482. The van der Waals surface area contributed by atoms with Crippen molar-refractivity contribution in [2.45, 2.75) is 191 Å². The van der Waals surface area contributed by atoms with Crippen molar-refractivity contribution in [1.29, 1.82) is 0 Å². The van der Waals surface area contributed by atoms with Gasteiger partial charge in [-0.05, 0) is 128 Å². The maximum Gasteiger partial charge on any atom is 0.326 e. The van der Waals surface area contributed by atoms with E-state index in [0.717, 1.165) is 77.0 Å². The number of fused-ring (bicyclic) bond motifs is 7. The molecule has 4 saturated carbocycles. The fourth-order valence-electron chi connectivity index (χ4n) is 13.6. The number of aliphatic carboxylic acids is 2. The lowest BCUT2D eigenvalue weighted by Gasteiger charge is -2.71. The summed E-state index contributed by atoms with van der Waals surface area (Å²) in [5, 5.41) is 24.8. The molecule has 4 N–H and O–H groups in total. The number of hydrogen-bond donors (Lipinski definition) is 4. The second-order valence-corrected chi connectivity index (χ2v) is 22.8. The molecule has 0 saturated heterocycles. The zero-order valence-corrected chi connectivity index (χ0v) is 37.9. The molecule has 0 heterocycles. The van der Waals surface area contributed by atoms with Crippen molar-refractivity contribution in [1.82, 2.24) is 10.6 Å². The summed E-state index contributed by atoms with van der Waals surface area (Å²) in [6.45, 7) is 24.7. The third-order valence-corrected chi connectivity index (χ3v) is 17.2. The molecule has 10 heteroatoms. The highest BCUT2D eigenvalue weighted by molar-refractivity contribution is 5.84. The first-order valence-corrected chi connectivity index (χ1v) is 22.7. The predicted molar refractivity (Wildman–Crippen MR) is 225 cm³/mol. The second kappa shape index (κ2) is 16.5. The molecule has 0 radical (unpaired) electrons. The summed E-state index contributed by atoms with van der Waals surface area (Å²) in [7, 11) is 0. The average Bonchev–Trinajstić information content (AvgIpc) is 3.08. The van der Waals surface area contributed by atoms with Gasteiger partial charge in [0.15, 0.2) is 0 Å². The van der Waals surface area contributed by atoms with Crippen LogP contribution in [0.5, 0.6) is 0 Å². The highest BCUT2D eigenvalue weighted by Gasteiger charge is 2.69. The summed E-state index contributed by atoms with van der Waals surface area (Å²) in [4.78, 5) is 63.1. The van der Waals surface area contributed by atoms with Gasteiger partial charge >= 0.3 is 17.9 Å². The van der Waals surface area contributed by atoms with Gasteiger partial charge in [0.2, 0.25) is 11.8 Å². The fourth-order valence-corrected chi connectivity index (χ4v) is 13.6. The van der Waals surface area contributed by atoms with Crippen molar-refractivity contribution >= 4 is 29.7 Å². The van der Waals surface area contributed by atoms with Crippen LogP contribution in [0.4, 0.5) is 0 Å². The summed E-state index contributed by atoms with van der Waals surface area (Å²) in [6.07, 6.45) is 14.7. The first-order chi connectivity index (χ1) is 26.7. The molecular formula is C48H78N2O8. The Hall–Kier alpha value is -2.91. The van der Waals surface area contributed by atoms with E-state index in [-0.39, 0.29) is 82.1 Å². The van der Waals surface area contributed by atoms with Crippen LogP contribution in [0.1, 0.15) is 179 Å². The van der Waals surface area contributed by atoms with Crippen LogP contribution in [-0.4, -0.2) is 58.6 Å². The Morgan fingerprint density at radius 1 is 0.845 bits per heavy atom. The van der Waals surface area contributed by atoms with E-state index in [1.807, 2.05) is 13.8 Å². The Morgan fingerprint density at radius 2 is 1.52 bits per heavy atom. The molecule has 58 heavy (non-hydrogen) atoms. The minimum absolute atomic E-state index is 0.0231. The van der Waals surface area contributed by atoms with Gasteiger partial charge in [0.25, 0.3) is 0 Å². The SMILES string of the molecule is CC(C)[C@H](NC(=O)CCCCCNC(=O)[C@]12CCC(C)(C)C[C@H]1C1=CC[C@@H]3[C@@]4(C)CC[C@H](OC(=O)CC(C)(C)CC(=O)O)C(C)(C)[C@@H]4CC[C@@]3(C)[C@]1(C)CC2)C(=O)O. The molecule has 0 aromatic carbocycles. The van der Waals surface area contributed by atoms with Crippen LogP contribution >= 0.6 is 0 Å². The van der Waals surface area contributed by atoms with E-state index < -0.39 is 28.8 Å². The molecule has 0 bridgehead atoms. The van der Waals surface area contributed by atoms with Gasteiger partial charge in [-0.25, -0.2) is 4.79 Å². The van der Waals surface area contributed by atoms with E-state index in [2.05, 4.69) is 65.2 Å². The molecule has 328 valence electrons. The third kappa shape index (κ3) is 8.64. The van der Waals surface area contributed by atoms with Crippen molar-refractivity contribution in [3.8, 4) is 0 Å². The van der Waals surface area contributed by atoms with Gasteiger partial charge in [-0.2, -0.15) is 0 Å². The maximum atomic E-state index is 14.5. The second-order valence-electron chi connectivity index (χ2n) is 22.8. The van der Waals surface area contributed by atoms with Crippen LogP contribution in [0.2, 0.25) is 0 Å². The zero-order chi connectivity index (χ0) is 43.3. The Bertz CT molecular complexity index is 1630. The van der Waals surface area contributed by atoms with E-state index in [0.29, 0.717) is 24.8 Å². The van der Waals surface area contributed by atoms with Gasteiger partial charge in [0.1, 0.15) is 12.1 Å². The minimum atomic E-state index is -1.01. The first-order valence-electron chi connectivity index (χ1n) is 22.7. The van der Waals surface area contributed by atoms with E-state index in [9.17, 15) is 34.2 Å². The molecule has 0 aliphatic heterocycles. The summed E-state index contributed by atoms with van der Waals surface area (Å²) < 4.78 is 6.26. The van der Waals surface area contributed by atoms with E-state index >= 15 is 0 Å². The molecule has 5 rings (SSSR count). The van der Waals surface area contributed by atoms with Crippen molar-refractivity contribution < 1.29 is 38.9 Å². The number of carbonyl (C=O) groups is 5. The quantitative estimate of drug-likeness (QED) is 0.0723. The number of unbranched alkanes of at least 4 members (excludes halogenated alkanes) is 2. The van der Waals surface area contributed by atoms with Gasteiger partial charge in [-0.1, -0.05) is 94.2 Å². The number of carboxylic acids is 2. The molecule has 5 aliphatic rings. The number of carboxylic acid groups (broad SMARTS) is 2. The number of carbonyl (C=O) groups excluding carboxylic acids is 3. The summed E-state index contributed by atoms with van der Waals surface area (Å²) in [6, 6.07) is -0.883. The zero-order valence-electron chi connectivity index (χ0n) is 37.9. The van der Waals surface area contributed by atoms with Crippen LogP contribution in [0.25, 0.3) is 0 Å². The lowest BCUT2D eigenvalue weighted by Crippen LogP contribution is -2.65. The van der Waals surface area contributed by atoms with Crippen molar-refractivity contribution in [2.75, 3.05) is 6.54 Å². The molecule has 0 spiro atoms. The molecule has 2 amide bonds. The number of rotatable bonds is 15. The van der Waals surface area contributed by atoms with Crippen molar-refractivity contribution in [3.05, 3.63) is 11.6 Å². The third-order valence-electron chi connectivity index (χ3n) is 17.2. The van der Waals surface area contributed by atoms with Crippen LogP contribution in [0, 0.1) is 61.6 Å². The largest absolute Gasteiger partial charge is 0.481 e. The molecule has 9 atom stereocenters. The monoisotopic (exact) mass is 811 g/mol. The van der Waals surface area contributed by atoms with E-state index in [1.165, 1.54) is 5.57 Å². The number of amides is 2. The Balaban J connectivity index is 1.28. The smallest absolute Gasteiger partial charge is 0.326 e. The average molecular weight is 811 g/mol. The molecule has 4 fully saturated rings. The Kier molecular flexibility index (Phi) is 13.1. The fraction of sp³-hybridized carbons (Fsp3) is 0.854. The number of nitrogens with one attached hydrogen (secondary N) is 2. The standard InChI is InChI=1S/C48H78N2O8/c1-30(2)39(40(55)56)50-36(51)15-13-12-14-26-49-41(57)48-24-22-42(3,4)27-32(48)31-16-17-34-45(9)20-19-35(58-38(54)29-43(5,6)28-37(52)53)44(7,8)33(45)18-21-47(34,11)46(31,10)23-25-48/h16,30,32-35,39H,12-15,17-29H2,1-11H3,(H,49,57)(H,50,51)(H,52,53)(H,55,56)/t32-,33-,34+,35-,39-,45-,46+,47+,48-/m0/s1. The predicted octanol–water partition coefficient (Wildman–Crippen LogP) is 9.49. The number of ether oxygens (including phenoxy) is 1. The number of allylic oxidation sites excluding steroid dienone is 2. The number of esters is 1. The Morgan fingerprint density at radius 3 is 2.16 bits per heavy atom. The van der Waals surface area contributed by atoms with Gasteiger partial charge in [-0.15, -0.1) is 0 Å². The molecule has 5 aliphatic carbocycles. The summed E-state index contributed by atoms with van der Waals surface area (Å²) >= 11 is 0. The molecular weight excluding hydrogens is 733 g/mol. The van der Waals surface area contributed by atoms with Crippen molar-refractivity contribution in [2.24, 2.45) is 61.6 Å². The van der Waals surface area contributed by atoms with Crippen molar-refractivity contribution in [3.63, 3.8) is 0 Å². The molecule has 0 unspecified atom stereocenters. The van der Waals surface area contributed by atoms with Crippen LogP contribution in [0.15, 0.2) is 11.6 Å². The normalized spacial score (nSPS) is 35.5. The highest BCUT2D eigenvalue weighted by atomic mass is 16.5. The molecule has 0 aromatic heterocycles. The lowest BCUT2D eigenvalue weighted by atomic mass is 9.33. The highest BCUT2D eigenvalue weighted by Crippen LogP contribution is 2.76. The van der Waals surface area contributed by atoms with Gasteiger partial charge < -0.3 is 25.6 Å². The lowest BCUT2D eigenvalue weighted by molar-refractivity contribution is -0.213. The van der Waals surface area contributed by atoms with Gasteiger partial charge in [0, 0.05) is 18.4 Å². The Labute approximate surface area is 349 Å². The van der Waals surface area contributed by atoms with E-state index in [1.54, 1.807) is 13.8 Å². The number of hydrogen-bond acceptors (Lipinski definition) is 6. The summed E-state index contributed by atoms with van der Waals surface area (Å²) in [5.74, 6) is -1.40. The maximum absolute atomic E-state index is 14.5. The van der Waals surface area contributed by atoms with Gasteiger partial charge in [-0.3, -0.25) is 19.2 Å². The van der Waals surface area contributed by atoms with Gasteiger partial charge in [0.05, 0.1) is 18.3 Å². The van der Waals surface area contributed by atoms with E-state index in [4.69, 9.17) is 4.74 Å². The van der Waals surface area contributed by atoms with Crippen LogP contribution in [-0.2, 0) is 28.7 Å². The van der Waals surface area contributed by atoms with Crippen LogP contribution in [0.3, 0.4) is 0 Å².